The maximum Gasteiger partial charge on any atom is 0.273 e. The summed E-state index contributed by atoms with van der Waals surface area (Å²) in [6.07, 6.45) is 16.8. The molecular formula is C25H34N6O3. The molecule has 0 atom stereocenters. The monoisotopic (exact) mass is 466 g/mol. The first-order valence-electron chi connectivity index (χ1n) is 11.9. The molecule has 1 aromatic carbocycles. The van der Waals surface area contributed by atoms with Crippen LogP contribution in [0.15, 0.2) is 53.8 Å². The molecule has 0 amide bonds. The summed E-state index contributed by atoms with van der Waals surface area (Å²) in [6, 6.07) is 10.0. The van der Waals surface area contributed by atoms with Crippen LogP contribution in [0.1, 0.15) is 64.2 Å². The summed E-state index contributed by atoms with van der Waals surface area (Å²) in [5.41, 5.74) is 0.850. The summed E-state index contributed by atoms with van der Waals surface area (Å²) in [4.78, 5) is 18.8. The van der Waals surface area contributed by atoms with Crippen molar-refractivity contribution < 1.29 is 9.66 Å². The van der Waals surface area contributed by atoms with E-state index >= 15 is 0 Å². The van der Waals surface area contributed by atoms with Crippen molar-refractivity contribution in [2.24, 2.45) is 4.99 Å². The van der Waals surface area contributed by atoms with E-state index in [1.807, 2.05) is 18.3 Å². The van der Waals surface area contributed by atoms with Gasteiger partial charge in [0.25, 0.3) is 5.69 Å². The van der Waals surface area contributed by atoms with Gasteiger partial charge in [-0.05, 0) is 31.0 Å². The third-order valence-corrected chi connectivity index (χ3v) is 5.22. The van der Waals surface area contributed by atoms with Gasteiger partial charge in [-0.3, -0.25) is 25.4 Å². The van der Waals surface area contributed by atoms with Crippen molar-refractivity contribution in [3.05, 3.63) is 58.9 Å². The third kappa shape index (κ3) is 11.8. The normalized spacial score (nSPS) is 11.0. The molecule has 9 heteroatoms. The number of hydrogen-bond acceptors (Lipinski definition) is 6. The van der Waals surface area contributed by atoms with Gasteiger partial charge in [0.05, 0.1) is 29.5 Å². The van der Waals surface area contributed by atoms with Crippen LogP contribution < -0.4 is 15.4 Å². The van der Waals surface area contributed by atoms with Gasteiger partial charge in [0.1, 0.15) is 5.75 Å². The quantitative estimate of drug-likeness (QED) is 0.0608. The molecule has 0 fully saturated rings. The highest BCUT2D eigenvalue weighted by Gasteiger charge is 2.06. The molecule has 0 aliphatic carbocycles. The second kappa shape index (κ2) is 16.9. The van der Waals surface area contributed by atoms with Gasteiger partial charge >= 0.3 is 0 Å². The molecule has 0 spiro atoms. The number of anilines is 1. The van der Waals surface area contributed by atoms with Gasteiger partial charge in [-0.1, -0.05) is 57.4 Å². The zero-order valence-corrected chi connectivity index (χ0v) is 19.6. The molecule has 0 radical (unpaired) electrons. The molecule has 0 aliphatic rings. The van der Waals surface area contributed by atoms with E-state index in [4.69, 9.17) is 10.00 Å². The van der Waals surface area contributed by atoms with Crippen LogP contribution in [-0.4, -0.2) is 29.0 Å². The fraction of sp³-hybridized carbons (Fsp3) is 0.480. The summed E-state index contributed by atoms with van der Waals surface area (Å²) < 4.78 is 5.61. The fourth-order valence-electron chi connectivity index (χ4n) is 3.43. The minimum Gasteiger partial charge on any atom is -0.493 e. The Morgan fingerprint density at radius 2 is 1.74 bits per heavy atom. The van der Waals surface area contributed by atoms with Gasteiger partial charge in [0, 0.05) is 18.8 Å². The first-order chi connectivity index (χ1) is 16.7. The number of hydrogen-bond donors (Lipinski definition) is 2. The molecule has 2 aromatic rings. The van der Waals surface area contributed by atoms with Crippen LogP contribution in [0.5, 0.6) is 5.75 Å². The SMILES string of the molecule is N#CNC(=NCCCCCCCCCCCCOc1cccc([N+](=O)[O-])c1)Nc1cccnc1. The number of nitrogens with zero attached hydrogens (tertiary/aromatic N) is 4. The van der Waals surface area contributed by atoms with E-state index in [1.165, 1.54) is 50.7 Å². The molecule has 1 heterocycles. The smallest absolute Gasteiger partial charge is 0.273 e. The molecule has 182 valence electrons. The third-order valence-electron chi connectivity index (χ3n) is 5.22. The lowest BCUT2D eigenvalue weighted by Crippen LogP contribution is -2.27. The van der Waals surface area contributed by atoms with Gasteiger partial charge < -0.3 is 10.1 Å². The minimum atomic E-state index is -0.409. The van der Waals surface area contributed by atoms with Crippen LogP contribution in [0, 0.1) is 21.6 Å². The van der Waals surface area contributed by atoms with Crippen LogP contribution in [0.4, 0.5) is 11.4 Å². The molecule has 0 bridgehead atoms. The standard InChI is InChI=1S/C25H34N6O3/c26-21-29-25(30-22-13-12-16-27-20-22)28-17-9-7-5-3-1-2-4-6-8-10-18-34-24-15-11-14-23(19-24)31(32)33/h11-16,19-20H,1-10,17-18H2,(H2,28,29,30). The van der Waals surface area contributed by atoms with E-state index in [2.05, 4.69) is 20.6 Å². The van der Waals surface area contributed by atoms with Gasteiger partial charge in [-0.15, -0.1) is 0 Å². The number of nitro benzene ring substituents is 1. The molecule has 9 nitrogen and oxygen atoms in total. The van der Waals surface area contributed by atoms with Crippen LogP contribution in [0.2, 0.25) is 0 Å². The molecule has 1 aromatic heterocycles. The van der Waals surface area contributed by atoms with E-state index in [1.54, 1.807) is 24.5 Å². The Morgan fingerprint density at radius 3 is 2.38 bits per heavy atom. The number of guanidine groups is 1. The number of ether oxygens (including phenoxy) is 1. The predicted octanol–water partition coefficient (Wildman–Crippen LogP) is 5.81. The number of unbranched alkanes of at least 4 members (excludes halogenated alkanes) is 9. The number of nitrogens with one attached hydrogen (secondary N) is 2. The topological polar surface area (TPSA) is 125 Å². The Morgan fingerprint density at radius 1 is 1.03 bits per heavy atom. The van der Waals surface area contributed by atoms with Crippen molar-refractivity contribution in [2.75, 3.05) is 18.5 Å². The fourth-order valence-corrected chi connectivity index (χ4v) is 3.43. The summed E-state index contributed by atoms with van der Waals surface area (Å²) in [5.74, 6) is 1.01. The Labute approximate surface area is 201 Å². The highest BCUT2D eigenvalue weighted by Crippen LogP contribution is 2.19. The molecule has 34 heavy (non-hydrogen) atoms. The van der Waals surface area contributed by atoms with Crippen molar-refractivity contribution in [2.45, 2.75) is 64.2 Å². The lowest BCUT2D eigenvalue weighted by atomic mass is 10.1. The largest absolute Gasteiger partial charge is 0.493 e. The lowest BCUT2D eigenvalue weighted by molar-refractivity contribution is -0.384. The second-order valence-corrected chi connectivity index (χ2v) is 7.97. The van der Waals surface area contributed by atoms with Gasteiger partial charge in [0.15, 0.2) is 6.19 Å². The van der Waals surface area contributed by atoms with E-state index in [0.717, 1.165) is 31.4 Å². The maximum atomic E-state index is 10.8. The highest BCUT2D eigenvalue weighted by atomic mass is 16.6. The van der Waals surface area contributed by atoms with Crippen molar-refractivity contribution in [1.82, 2.24) is 10.3 Å². The van der Waals surface area contributed by atoms with E-state index in [-0.39, 0.29) is 5.69 Å². The number of benzene rings is 1. The van der Waals surface area contributed by atoms with Crippen LogP contribution in [-0.2, 0) is 0 Å². The average Bonchev–Trinajstić information content (AvgIpc) is 2.85. The summed E-state index contributed by atoms with van der Waals surface area (Å²) in [5, 5.41) is 25.3. The van der Waals surface area contributed by atoms with Gasteiger partial charge in [0.2, 0.25) is 5.96 Å². The first-order valence-corrected chi connectivity index (χ1v) is 11.9. The Bertz CT molecular complexity index is 914. The number of aromatic nitrogens is 1. The molecule has 2 N–H and O–H groups in total. The second-order valence-electron chi connectivity index (χ2n) is 7.97. The van der Waals surface area contributed by atoms with E-state index < -0.39 is 4.92 Å². The Hall–Kier alpha value is -3.67. The zero-order valence-electron chi connectivity index (χ0n) is 19.6. The summed E-state index contributed by atoms with van der Waals surface area (Å²) >= 11 is 0. The van der Waals surface area contributed by atoms with Crippen LogP contribution in [0.25, 0.3) is 0 Å². The Kier molecular flexibility index (Phi) is 13.2. The number of nitriles is 1. The predicted molar refractivity (Wildman–Crippen MR) is 134 cm³/mol. The molecular weight excluding hydrogens is 432 g/mol. The maximum absolute atomic E-state index is 10.8. The number of non-ortho nitro benzene ring substituents is 1. The van der Waals surface area contributed by atoms with E-state index in [9.17, 15) is 10.1 Å². The minimum absolute atomic E-state index is 0.0591. The van der Waals surface area contributed by atoms with Gasteiger partial charge in [-0.25, -0.2) is 0 Å². The number of nitro groups is 1. The molecule has 0 unspecified atom stereocenters. The molecule has 0 saturated heterocycles. The van der Waals surface area contributed by atoms with Crippen LogP contribution >= 0.6 is 0 Å². The van der Waals surface area contributed by atoms with Gasteiger partial charge in [-0.2, -0.15) is 5.26 Å². The van der Waals surface area contributed by atoms with Crippen molar-refractivity contribution in [3.8, 4) is 11.9 Å². The van der Waals surface area contributed by atoms with Crippen molar-refractivity contribution in [3.63, 3.8) is 0 Å². The number of rotatable bonds is 16. The summed E-state index contributed by atoms with van der Waals surface area (Å²) in [6.45, 7) is 1.27. The summed E-state index contributed by atoms with van der Waals surface area (Å²) in [7, 11) is 0. The first kappa shape index (κ1) is 26.6. The lowest BCUT2D eigenvalue weighted by Gasteiger charge is -2.07. The molecule has 0 saturated carbocycles. The van der Waals surface area contributed by atoms with E-state index in [0.29, 0.717) is 24.9 Å². The number of pyridine rings is 1. The molecule has 0 aliphatic heterocycles. The molecule has 2 rings (SSSR count). The highest BCUT2D eigenvalue weighted by molar-refractivity contribution is 5.94. The average molecular weight is 467 g/mol. The number of aliphatic imine (C=N–C) groups is 1. The Balaban J connectivity index is 1.42. The van der Waals surface area contributed by atoms with Crippen molar-refractivity contribution in [1.29, 1.82) is 5.26 Å². The van der Waals surface area contributed by atoms with Crippen LogP contribution in [0.3, 0.4) is 0 Å². The zero-order chi connectivity index (χ0) is 24.3. The van der Waals surface area contributed by atoms with Crippen molar-refractivity contribution >= 4 is 17.3 Å².